The Bertz CT molecular complexity index is 370. The standard InChI is InChI=1S/C15H21F2N/c1-2-18-15-9-4-3-6-11(15)10-12-13(16)7-5-8-14(12)17/h5,7-8,11,15,18H,2-4,6,9-10H2,1H3. The molecule has 18 heavy (non-hydrogen) atoms. The van der Waals surface area contributed by atoms with E-state index in [9.17, 15) is 8.78 Å². The number of benzene rings is 1. The van der Waals surface area contributed by atoms with E-state index in [-0.39, 0.29) is 5.56 Å². The number of hydrogen-bond donors (Lipinski definition) is 1. The monoisotopic (exact) mass is 253 g/mol. The van der Waals surface area contributed by atoms with Crippen LogP contribution in [0.25, 0.3) is 0 Å². The molecule has 100 valence electrons. The van der Waals surface area contributed by atoms with Gasteiger partial charge in [-0.15, -0.1) is 0 Å². The summed E-state index contributed by atoms with van der Waals surface area (Å²) in [6.45, 7) is 3.00. The first kappa shape index (κ1) is 13.5. The lowest BCUT2D eigenvalue weighted by atomic mass is 9.80. The van der Waals surface area contributed by atoms with Gasteiger partial charge in [-0.3, -0.25) is 0 Å². The molecule has 0 aliphatic heterocycles. The molecule has 0 radical (unpaired) electrons. The fourth-order valence-corrected chi connectivity index (χ4v) is 2.97. The van der Waals surface area contributed by atoms with Gasteiger partial charge in [0.2, 0.25) is 0 Å². The van der Waals surface area contributed by atoms with Crippen LogP contribution in [0.4, 0.5) is 8.78 Å². The van der Waals surface area contributed by atoms with Crippen molar-refractivity contribution in [2.75, 3.05) is 6.54 Å². The van der Waals surface area contributed by atoms with Crippen molar-refractivity contribution in [1.82, 2.24) is 5.32 Å². The lowest BCUT2D eigenvalue weighted by Gasteiger charge is -2.32. The maximum Gasteiger partial charge on any atom is 0.129 e. The molecule has 1 N–H and O–H groups in total. The van der Waals surface area contributed by atoms with Crippen molar-refractivity contribution in [1.29, 1.82) is 0 Å². The van der Waals surface area contributed by atoms with Crippen molar-refractivity contribution in [2.24, 2.45) is 5.92 Å². The SMILES string of the molecule is CCNC1CCCCC1Cc1c(F)cccc1F. The summed E-state index contributed by atoms with van der Waals surface area (Å²) in [5.41, 5.74) is 0.257. The summed E-state index contributed by atoms with van der Waals surface area (Å²) in [4.78, 5) is 0. The molecular formula is C15H21F2N. The number of hydrogen-bond acceptors (Lipinski definition) is 1. The molecule has 0 saturated heterocycles. The van der Waals surface area contributed by atoms with Crippen molar-refractivity contribution in [3.63, 3.8) is 0 Å². The third kappa shape index (κ3) is 3.08. The summed E-state index contributed by atoms with van der Waals surface area (Å²) in [5.74, 6) is -0.461. The average molecular weight is 253 g/mol. The lowest BCUT2D eigenvalue weighted by Crippen LogP contribution is -2.39. The average Bonchev–Trinajstić information content (AvgIpc) is 2.36. The Labute approximate surface area is 108 Å². The van der Waals surface area contributed by atoms with Crippen LogP contribution in [-0.4, -0.2) is 12.6 Å². The predicted octanol–water partition coefficient (Wildman–Crippen LogP) is 3.68. The van der Waals surface area contributed by atoms with Gasteiger partial charge in [0.15, 0.2) is 0 Å². The Morgan fingerprint density at radius 3 is 2.50 bits per heavy atom. The molecule has 1 fully saturated rings. The maximum absolute atomic E-state index is 13.7. The third-order valence-corrected chi connectivity index (χ3v) is 3.90. The molecule has 3 heteroatoms. The highest BCUT2D eigenvalue weighted by Gasteiger charge is 2.26. The second-order valence-electron chi connectivity index (χ2n) is 5.11. The molecule has 1 saturated carbocycles. The van der Waals surface area contributed by atoms with Crippen LogP contribution in [-0.2, 0) is 6.42 Å². The number of nitrogens with one attached hydrogen (secondary N) is 1. The van der Waals surface area contributed by atoms with Crippen LogP contribution in [0.2, 0.25) is 0 Å². The minimum Gasteiger partial charge on any atom is -0.314 e. The molecule has 0 heterocycles. The van der Waals surface area contributed by atoms with Gasteiger partial charge in [0, 0.05) is 11.6 Å². The molecular weight excluding hydrogens is 232 g/mol. The summed E-state index contributed by atoms with van der Waals surface area (Å²) in [7, 11) is 0. The molecule has 0 amide bonds. The fourth-order valence-electron chi connectivity index (χ4n) is 2.97. The molecule has 2 unspecified atom stereocenters. The highest BCUT2D eigenvalue weighted by Crippen LogP contribution is 2.29. The van der Waals surface area contributed by atoms with Gasteiger partial charge in [0.05, 0.1) is 0 Å². The molecule has 0 bridgehead atoms. The van der Waals surface area contributed by atoms with Gasteiger partial charge in [0.25, 0.3) is 0 Å². The second kappa shape index (κ2) is 6.28. The van der Waals surface area contributed by atoms with Crippen LogP contribution < -0.4 is 5.32 Å². The molecule has 1 nitrogen and oxygen atoms in total. The second-order valence-corrected chi connectivity index (χ2v) is 5.11. The molecule has 2 atom stereocenters. The number of halogens is 2. The molecule has 1 aliphatic rings. The number of rotatable bonds is 4. The third-order valence-electron chi connectivity index (χ3n) is 3.90. The van der Waals surface area contributed by atoms with Gasteiger partial charge in [-0.2, -0.15) is 0 Å². The topological polar surface area (TPSA) is 12.0 Å². The van der Waals surface area contributed by atoms with Gasteiger partial charge < -0.3 is 5.32 Å². The Hall–Kier alpha value is -0.960. The minimum absolute atomic E-state index is 0.257. The zero-order chi connectivity index (χ0) is 13.0. The van der Waals surface area contributed by atoms with Crippen molar-refractivity contribution in [3.8, 4) is 0 Å². The molecule has 1 aromatic rings. The van der Waals surface area contributed by atoms with Crippen LogP contribution in [0.15, 0.2) is 18.2 Å². The van der Waals surface area contributed by atoms with Gasteiger partial charge in [-0.1, -0.05) is 25.8 Å². The largest absolute Gasteiger partial charge is 0.314 e. The van der Waals surface area contributed by atoms with Crippen molar-refractivity contribution in [2.45, 2.75) is 45.1 Å². The van der Waals surface area contributed by atoms with E-state index in [0.29, 0.717) is 18.4 Å². The normalized spacial score (nSPS) is 24.2. The van der Waals surface area contributed by atoms with Gasteiger partial charge in [0.1, 0.15) is 11.6 Å². The zero-order valence-corrected chi connectivity index (χ0v) is 10.9. The van der Waals surface area contributed by atoms with Crippen molar-refractivity contribution >= 4 is 0 Å². The summed E-state index contributed by atoms with van der Waals surface area (Å²) in [6.07, 6.45) is 5.08. The van der Waals surface area contributed by atoms with Gasteiger partial charge >= 0.3 is 0 Å². The van der Waals surface area contributed by atoms with E-state index in [2.05, 4.69) is 12.2 Å². The summed E-state index contributed by atoms with van der Waals surface area (Å²) < 4.78 is 27.3. The predicted molar refractivity (Wildman–Crippen MR) is 69.5 cm³/mol. The van der Waals surface area contributed by atoms with E-state index in [1.807, 2.05) is 0 Å². The first-order valence-electron chi connectivity index (χ1n) is 6.88. The highest BCUT2D eigenvalue weighted by atomic mass is 19.1. The minimum atomic E-state index is -0.407. The van der Waals surface area contributed by atoms with Gasteiger partial charge in [-0.05, 0) is 43.9 Å². The van der Waals surface area contributed by atoms with E-state index >= 15 is 0 Å². The quantitative estimate of drug-likeness (QED) is 0.863. The fraction of sp³-hybridized carbons (Fsp3) is 0.600. The molecule has 1 aliphatic carbocycles. The summed E-state index contributed by atoms with van der Waals surface area (Å²) in [5, 5.41) is 3.45. The van der Waals surface area contributed by atoms with Crippen molar-refractivity contribution in [3.05, 3.63) is 35.4 Å². The lowest BCUT2D eigenvalue weighted by molar-refractivity contribution is 0.260. The Morgan fingerprint density at radius 2 is 1.83 bits per heavy atom. The van der Waals surface area contributed by atoms with E-state index in [1.165, 1.54) is 31.0 Å². The van der Waals surface area contributed by atoms with E-state index < -0.39 is 11.6 Å². The van der Waals surface area contributed by atoms with Crippen LogP contribution in [0.3, 0.4) is 0 Å². The first-order chi connectivity index (χ1) is 8.72. The zero-order valence-electron chi connectivity index (χ0n) is 10.9. The van der Waals surface area contributed by atoms with E-state index in [0.717, 1.165) is 19.4 Å². The maximum atomic E-state index is 13.7. The van der Waals surface area contributed by atoms with E-state index in [1.54, 1.807) is 0 Å². The Balaban J connectivity index is 2.11. The summed E-state index contributed by atoms with van der Waals surface area (Å²) in [6, 6.07) is 4.53. The molecule has 0 spiro atoms. The summed E-state index contributed by atoms with van der Waals surface area (Å²) >= 11 is 0. The van der Waals surface area contributed by atoms with Crippen LogP contribution >= 0.6 is 0 Å². The van der Waals surface area contributed by atoms with Gasteiger partial charge in [-0.25, -0.2) is 8.78 Å². The molecule has 2 rings (SSSR count). The molecule has 1 aromatic carbocycles. The van der Waals surface area contributed by atoms with Crippen molar-refractivity contribution < 1.29 is 8.78 Å². The Morgan fingerprint density at radius 1 is 1.17 bits per heavy atom. The highest BCUT2D eigenvalue weighted by molar-refractivity contribution is 5.20. The first-order valence-corrected chi connectivity index (χ1v) is 6.88. The smallest absolute Gasteiger partial charge is 0.129 e. The van der Waals surface area contributed by atoms with Crippen LogP contribution in [0, 0.1) is 17.6 Å². The van der Waals surface area contributed by atoms with E-state index in [4.69, 9.17) is 0 Å². The van der Waals surface area contributed by atoms with Crippen LogP contribution in [0.5, 0.6) is 0 Å². The molecule has 0 aromatic heterocycles. The van der Waals surface area contributed by atoms with Crippen LogP contribution in [0.1, 0.15) is 38.2 Å². The Kier molecular flexibility index (Phi) is 4.70.